The molecule has 19 heavy (non-hydrogen) atoms. The highest BCUT2D eigenvalue weighted by atomic mass is 19.3. The Balaban J connectivity index is 2.54. The number of rotatable bonds is 6. The maximum atomic E-state index is 12.2. The first-order valence-electron chi connectivity index (χ1n) is 6.41. The van der Waals surface area contributed by atoms with Gasteiger partial charge in [0.25, 0.3) is 6.43 Å². The molecule has 112 valence electrons. The quantitative estimate of drug-likeness (QED) is 0.675. The van der Waals surface area contributed by atoms with Crippen molar-refractivity contribution in [1.29, 1.82) is 0 Å². The van der Waals surface area contributed by atoms with Crippen molar-refractivity contribution in [3.63, 3.8) is 0 Å². The first-order valence-corrected chi connectivity index (χ1v) is 6.41. The van der Waals surface area contributed by atoms with Crippen LogP contribution in [0, 0.1) is 5.92 Å². The first-order chi connectivity index (χ1) is 8.92. The summed E-state index contributed by atoms with van der Waals surface area (Å²) < 4.78 is 29.0. The summed E-state index contributed by atoms with van der Waals surface area (Å²) in [5, 5.41) is 12.4. The van der Waals surface area contributed by atoms with Gasteiger partial charge in [-0.05, 0) is 19.3 Å². The van der Waals surface area contributed by atoms with Crippen molar-refractivity contribution in [3.8, 4) is 0 Å². The number of halogens is 2. The SMILES string of the molecule is COC(=O)CN1CC(NCC(F)F)CC(C(C)O)C1. The number of nitrogens with zero attached hydrogens (tertiary/aromatic N) is 1. The predicted molar refractivity (Wildman–Crippen MR) is 66.0 cm³/mol. The summed E-state index contributed by atoms with van der Waals surface area (Å²) in [5.74, 6) is -0.396. The van der Waals surface area contributed by atoms with Gasteiger partial charge in [-0.15, -0.1) is 0 Å². The van der Waals surface area contributed by atoms with Gasteiger partial charge in [-0.3, -0.25) is 9.69 Å². The summed E-state index contributed by atoms with van der Waals surface area (Å²) in [6, 6.07) is -0.146. The van der Waals surface area contributed by atoms with Crippen LogP contribution in [0.2, 0.25) is 0 Å². The molecule has 1 aliphatic heterocycles. The molecule has 1 heterocycles. The number of esters is 1. The molecule has 0 aromatic heterocycles. The fourth-order valence-corrected chi connectivity index (χ4v) is 2.36. The van der Waals surface area contributed by atoms with Crippen LogP contribution in [-0.2, 0) is 9.53 Å². The lowest BCUT2D eigenvalue weighted by Crippen LogP contribution is -2.53. The van der Waals surface area contributed by atoms with Gasteiger partial charge in [-0.1, -0.05) is 0 Å². The molecular formula is C12H22F2N2O3. The van der Waals surface area contributed by atoms with E-state index in [2.05, 4.69) is 10.1 Å². The average Bonchev–Trinajstić information content (AvgIpc) is 2.35. The Kier molecular flexibility index (Phi) is 6.60. The first kappa shape index (κ1) is 16.3. The van der Waals surface area contributed by atoms with Crippen molar-refractivity contribution in [2.45, 2.75) is 31.9 Å². The second-order valence-electron chi connectivity index (χ2n) is 5.00. The number of piperidine rings is 1. The number of likely N-dealkylation sites (tertiary alicyclic amines) is 1. The van der Waals surface area contributed by atoms with E-state index < -0.39 is 12.5 Å². The van der Waals surface area contributed by atoms with Crippen molar-refractivity contribution in [3.05, 3.63) is 0 Å². The molecule has 3 atom stereocenters. The predicted octanol–water partition coefficient (Wildman–Crippen LogP) is 0.0854. The zero-order valence-corrected chi connectivity index (χ0v) is 11.3. The molecule has 0 aromatic rings. The summed E-state index contributed by atoms with van der Waals surface area (Å²) in [6.07, 6.45) is -2.31. The minimum absolute atomic E-state index is 0.0337. The third kappa shape index (κ3) is 5.80. The van der Waals surface area contributed by atoms with Crippen LogP contribution in [0.15, 0.2) is 0 Å². The molecular weight excluding hydrogens is 258 g/mol. The Labute approximate surface area is 111 Å². The molecule has 7 heteroatoms. The van der Waals surface area contributed by atoms with Crippen molar-refractivity contribution < 1.29 is 23.4 Å². The lowest BCUT2D eigenvalue weighted by atomic mass is 9.90. The van der Waals surface area contributed by atoms with E-state index in [9.17, 15) is 18.7 Å². The lowest BCUT2D eigenvalue weighted by molar-refractivity contribution is -0.142. The number of carbonyl (C=O) groups is 1. The van der Waals surface area contributed by atoms with E-state index in [1.807, 2.05) is 4.90 Å². The summed E-state index contributed by atoms with van der Waals surface area (Å²) in [6.45, 7) is 2.50. The van der Waals surface area contributed by atoms with E-state index in [4.69, 9.17) is 0 Å². The summed E-state index contributed by atoms with van der Waals surface area (Å²) >= 11 is 0. The van der Waals surface area contributed by atoms with Gasteiger partial charge in [0.15, 0.2) is 0 Å². The number of alkyl halides is 2. The van der Waals surface area contributed by atoms with Crippen LogP contribution >= 0.6 is 0 Å². The fraction of sp³-hybridized carbons (Fsp3) is 0.917. The Morgan fingerprint density at radius 2 is 2.21 bits per heavy atom. The van der Waals surface area contributed by atoms with Crippen LogP contribution in [0.1, 0.15) is 13.3 Å². The summed E-state index contributed by atoms with van der Waals surface area (Å²) in [7, 11) is 1.31. The highest BCUT2D eigenvalue weighted by molar-refractivity contribution is 5.71. The third-order valence-corrected chi connectivity index (χ3v) is 3.38. The molecule has 3 unspecified atom stereocenters. The van der Waals surface area contributed by atoms with E-state index in [0.29, 0.717) is 19.5 Å². The molecule has 0 saturated carbocycles. The van der Waals surface area contributed by atoms with E-state index in [-0.39, 0.29) is 31.0 Å². The van der Waals surface area contributed by atoms with E-state index in [1.54, 1.807) is 6.92 Å². The number of ether oxygens (including phenoxy) is 1. The Hall–Kier alpha value is -0.790. The fourth-order valence-electron chi connectivity index (χ4n) is 2.36. The molecule has 1 saturated heterocycles. The molecule has 0 aromatic carbocycles. The summed E-state index contributed by atoms with van der Waals surface area (Å²) in [5.41, 5.74) is 0. The Morgan fingerprint density at radius 3 is 2.74 bits per heavy atom. The normalized spacial score (nSPS) is 26.4. The van der Waals surface area contributed by atoms with Crippen molar-refractivity contribution in [2.24, 2.45) is 5.92 Å². The van der Waals surface area contributed by atoms with Gasteiger partial charge in [0.05, 0.1) is 26.3 Å². The van der Waals surface area contributed by atoms with Crippen molar-refractivity contribution in [2.75, 3.05) is 33.3 Å². The van der Waals surface area contributed by atoms with Gasteiger partial charge in [-0.2, -0.15) is 0 Å². The van der Waals surface area contributed by atoms with Crippen LogP contribution in [0.25, 0.3) is 0 Å². The maximum Gasteiger partial charge on any atom is 0.319 e. The second-order valence-corrected chi connectivity index (χ2v) is 5.00. The topological polar surface area (TPSA) is 61.8 Å². The molecule has 2 N–H and O–H groups in total. The minimum atomic E-state index is -2.40. The molecule has 1 aliphatic rings. The summed E-state index contributed by atoms with van der Waals surface area (Å²) in [4.78, 5) is 13.1. The number of methoxy groups -OCH3 is 1. The van der Waals surface area contributed by atoms with Gasteiger partial charge in [0, 0.05) is 19.1 Å². The largest absolute Gasteiger partial charge is 0.468 e. The van der Waals surface area contributed by atoms with Gasteiger partial charge < -0.3 is 15.2 Å². The highest BCUT2D eigenvalue weighted by Gasteiger charge is 2.31. The van der Waals surface area contributed by atoms with Gasteiger partial charge in [0.1, 0.15) is 0 Å². The number of carbonyl (C=O) groups excluding carboxylic acids is 1. The smallest absolute Gasteiger partial charge is 0.319 e. The zero-order chi connectivity index (χ0) is 14.4. The maximum absolute atomic E-state index is 12.2. The zero-order valence-electron chi connectivity index (χ0n) is 11.3. The Morgan fingerprint density at radius 1 is 1.53 bits per heavy atom. The molecule has 0 spiro atoms. The lowest BCUT2D eigenvalue weighted by Gasteiger charge is -2.38. The molecule has 1 rings (SSSR count). The van der Waals surface area contributed by atoms with Crippen LogP contribution in [0.3, 0.4) is 0 Å². The molecule has 1 fully saturated rings. The van der Waals surface area contributed by atoms with Crippen LogP contribution in [0.5, 0.6) is 0 Å². The monoisotopic (exact) mass is 280 g/mol. The molecule has 0 bridgehead atoms. The number of aliphatic hydroxyl groups excluding tert-OH is 1. The molecule has 5 nitrogen and oxygen atoms in total. The van der Waals surface area contributed by atoms with Crippen LogP contribution in [-0.4, -0.2) is 67.8 Å². The van der Waals surface area contributed by atoms with Gasteiger partial charge in [0.2, 0.25) is 0 Å². The van der Waals surface area contributed by atoms with Gasteiger partial charge in [-0.25, -0.2) is 8.78 Å². The third-order valence-electron chi connectivity index (χ3n) is 3.38. The van der Waals surface area contributed by atoms with Crippen LogP contribution in [0.4, 0.5) is 8.78 Å². The Bertz CT molecular complexity index is 290. The van der Waals surface area contributed by atoms with Crippen LogP contribution < -0.4 is 5.32 Å². The number of hydrogen-bond acceptors (Lipinski definition) is 5. The van der Waals surface area contributed by atoms with E-state index >= 15 is 0 Å². The molecule has 0 aliphatic carbocycles. The second kappa shape index (κ2) is 7.72. The van der Waals surface area contributed by atoms with Gasteiger partial charge >= 0.3 is 5.97 Å². The van der Waals surface area contributed by atoms with Crippen molar-refractivity contribution in [1.82, 2.24) is 10.2 Å². The average molecular weight is 280 g/mol. The molecule has 0 amide bonds. The highest BCUT2D eigenvalue weighted by Crippen LogP contribution is 2.20. The minimum Gasteiger partial charge on any atom is -0.468 e. The number of aliphatic hydroxyl groups is 1. The van der Waals surface area contributed by atoms with Crippen molar-refractivity contribution >= 4 is 5.97 Å². The number of nitrogens with one attached hydrogen (secondary N) is 1. The van der Waals surface area contributed by atoms with E-state index in [1.165, 1.54) is 7.11 Å². The van der Waals surface area contributed by atoms with E-state index in [0.717, 1.165) is 0 Å². The number of hydrogen-bond donors (Lipinski definition) is 2. The molecule has 0 radical (unpaired) electrons. The standard InChI is InChI=1S/C12H22F2N2O3/c1-8(17)9-3-10(15-4-11(13)14)6-16(5-9)7-12(18)19-2/h8-11,15,17H,3-7H2,1-2H3.